The number of thiocarbonyl (C=S) groups is 1. The summed E-state index contributed by atoms with van der Waals surface area (Å²) in [7, 11) is 0. The monoisotopic (exact) mass is 407 g/mol. The molecule has 0 aliphatic rings. The molecule has 0 heterocycles. The predicted octanol–water partition coefficient (Wildman–Crippen LogP) is 4.41. The fourth-order valence-electron chi connectivity index (χ4n) is 2.12. The van der Waals surface area contributed by atoms with Crippen molar-refractivity contribution >= 4 is 46.2 Å². The van der Waals surface area contributed by atoms with E-state index in [1.54, 1.807) is 24.3 Å². The van der Waals surface area contributed by atoms with Crippen LogP contribution in [0.15, 0.2) is 42.5 Å². The van der Waals surface area contributed by atoms with Crippen LogP contribution in [0.4, 0.5) is 11.4 Å². The average Bonchev–Trinajstić information content (AvgIpc) is 2.61. The summed E-state index contributed by atoms with van der Waals surface area (Å²) in [4.78, 5) is 23.1. The van der Waals surface area contributed by atoms with Crippen molar-refractivity contribution in [3.8, 4) is 5.75 Å². The van der Waals surface area contributed by atoms with Crippen LogP contribution in [0.5, 0.6) is 5.75 Å². The Labute approximate surface area is 166 Å². The highest BCUT2D eigenvalue weighted by Crippen LogP contribution is 2.27. The molecule has 0 saturated carbocycles. The molecule has 0 saturated heterocycles. The van der Waals surface area contributed by atoms with Crippen molar-refractivity contribution in [3.05, 3.63) is 63.2 Å². The SMILES string of the molecule is CC(C)COc1ccccc1C(=O)NC(=S)Nc1ccc(Cl)cc1[N+](=O)[O-]. The number of nitrogens with zero attached hydrogens (tertiary/aromatic N) is 1. The molecular formula is C18H18ClN3O4S. The number of hydrogen-bond donors (Lipinski definition) is 2. The molecule has 2 N–H and O–H groups in total. The van der Waals surface area contributed by atoms with Crippen molar-refractivity contribution in [2.75, 3.05) is 11.9 Å². The predicted molar refractivity (Wildman–Crippen MR) is 109 cm³/mol. The third-order valence-electron chi connectivity index (χ3n) is 3.34. The number of nitro benzene ring substituents is 1. The molecule has 2 aromatic rings. The van der Waals surface area contributed by atoms with Crippen molar-refractivity contribution < 1.29 is 14.5 Å². The van der Waals surface area contributed by atoms with Gasteiger partial charge in [0.05, 0.1) is 17.1 Å². The van der Waals surface area contributed by atoms with E-state index in [1.807, 2.05) is 13.8 Å². The van der Waals surface area contributed by atoms with Gasteiger partial charge in [-0.05, 0) is 42.4 Å². The number of amides is 1. The van der Waals surface area contributed by atoms with Gasteiger partial charge in [0, 0.05) is 11.1 Å². The number of nitro groups is 1. The fraction of sp³-hybridized carbons (Fsp3) is 0.222. The minimum absolute atomic E-state index is 0.0796. The van der Waals surface area contributed by atoms with Crippen LogP contribution in [0.1, 0.15) is 24.2 Å². The minimum Gasteiger partial charge on any atom is -0.492 e. The zero-order valence-corrected chi connectivity index (χ0v) is 16.3. The second-order valence-electron chi connectivity index (χ2n) is 6.03. The van der Waals surface area contributed by atoms with Crippen molar-refractivity contribution in [2.24, 2.45) is 5.92 Å². The molecule has 0 aliphatic carbocycles. The number of carbonyl (C=O) groups excluding carboxylic acids is 1. The Bertz CT molecular complexity index is 873. The lowest BCUT2D eigenvalue weighted by Gasteiger charge is -2.14. The molecular weight excluding hydrogens is 390 g/mol. The molecule has 0 bridgehead atoms. The Morgan fingerprint density at radius 2 is 2.00 bits per heavy atom. The fourth-order valence-corrected chi connectivity index (χ4v) is 2.49. The number of ether oxygens (including phenoxy) is 1. The van der Waals surface area contributed by atoms with Gasteiger partial charge >= 0.3 is 0 Å². The Balaban J connectivity index is 2.11. The largest absolute Gasteiger partial charge is 0.492 e. The number of carbonyl (C=O) groups is 1. The van der Waals surface area contributed by atoms with Crippen molar-refractivity contribution in [2.45, 2.75) is 13.8 Å². The van der Waals surface area contributed by atoms with E-state index in [0.29, 0.717) is 23.8 Å². The van der Waals surface area contributed by atoms with Crippen molar-refractivity contribution in [1.82, 2.24) is 5.32 Å². The Hall–Kier alpha value is -2.71. The van der Waals surface area contributed by atoms with Crippen LogP contribution in [0.2, 0.25) is 5.02 Å². The number of rotatable bonds is 6. The van der Waals surface area contributed by atoms with E-state index in [9.17, 15) is 14.9 Å². The normalized spacial score (nSPS) is 10.4. The van der Waals surface area contributed by atoms with Gasteiger partial charge in [0.2, 0.25) is 0 Å². The molecule has 2 rings (SSSR count). The number of nitrogens with one attached hydrogen (secondary N) is 2. The van der Waals surface area contributed by atoms with E-state index in [2.05, 4.69) is 10.6 Å². The number of benzene rings is 2. The van der Waals surface area contributed by atoms with Gasteiger partial charge in [-0.15, -0.1) is 0 Å². The molecule has 9 heteroatoms. The van der Waals surface area contributed by atoms with Crippen LogP contribution in [-0.4, -0.2) is 22.5 Å². The molecule has 0 spiro atoms. The summed E-state index contributed by atoms with van der Waals surface area (Å²) >= 11 is 10.9. The van der Waals surface area contributed by atoms with Gasteiger partial charge in [0.1, 0.15) is 11.4 Å². The molecule has 0 radical (unpaired) electrons. The third kappa shape index (κ3) is 5.90. The van der Waals surface area contributed by atoms with Crippen LogP contribution in [0, 0.1) is 16.0 Å². The molecule has 0 atom stereocenters. The molecule has 0 aromatic heterocycles. The third-order valence-corrected chi connectivity index (χ3v) is 3.77. The van der Waals surface area contributed by atoms with E-state index in [1.165, 1.54) is 18.2 Å². The zero-order chi connectivity index (χ0) is 20.0. The highest BCUT2D eigenvalue weighted by molar-refractivity contribution is 7.80. The molecule has 2 aromatic carbocycles. The number of anilines is 1. The van der Waals surface area contributed by atoms with Gasteiger partial charge in [-0.25, -0.2) is 0 Å². The summed E-state index contributed by atoms with van der Waals surface area (Å²) in [5, 5.41) is 16.4. The standard InChI is InChI=1S/C18H18ClN3O4S/c1-11(2)10-26-16-6-4-3-5-13(16)17(23)21-18(27)20-14-8-7-12(19)9-15(14)22(24)25/h3-9,11H,10H2,1-2H3,(H2,20,21,23,27). The summed E-state index contributed by atoms with van der Waals surface area (Å²) in [6, 6.07) is 10.9. The second-order valence-corrected chi connectivity index (χ2v) is 6.87. The van der Waals surface area contributed by atoms with E-state index >= 15 is 0 Å². The van der Waals surface area contributed by atoms with Crippen LogP contribution in [0.25, 0.3) is 0 Å². The van der Waals surface area contributed by atoms with Crippen molar-refractivity contribution in [3.63, 3.8) is 0 Å². The lowest BCUT2D eigenvalue weighted by Crippen LogP contribution is -2.34. The van der Waals surface area contributed by atoms with Gasteiger partial charge in [0.25, 0.3) is 11.6 Å². The Kier molecular flexibility index (Phi) is 7.09. The van der Waals surface area contributed by atoms with Crippen molar-refractivity contribution in [1.29, 1.82) is 0 Å². The first-order chi connectivity index (χ1) is 12.8. The highest BCUT2D eigenvalue weighted by atomic mass is 35.5. The molecule has 142 valence electrons. The lowest BCUT2D eigenvalue weighted by molar-refractivity contribution is -0.383. The van der Waals surface area contributed by atoms with Gasteiger partial charge in [-0.1, -0.05) is 37.6 Å². The first-order valence-corrected chi connectivity index (χ1v) is 8.84. The highest BCUT2D eigenvalue weighted by Gasteiger charge is 2.18. The summed E-state index contributed by atoms with van der Waals surface area (Å²) in [6.45, 7) is 4.46. The average molecular weight is 408 g/mol. The van der Waals surface area contributed by atoms with E-state index in [4.69, 9.17) is 28.6 Å². The van der Waals surface area contributed by atoms with Crippen LogP contribution >= 0.6 is 23.8 Å². The van der Waals surface area contributed by atoms with Crippen LogP contribution in [-0.2, 0) is 0 Å². The van der Waals surface area contributed by atoms with Crippen LogP contribution in [0.3, 0.4) is 0 Å². The molecule has 1 amide bonds. The Morgan fingerprint density at radius 1 is 1.30 bits per heavy atom. The number of para-hydroxylation sites is 1. The van der Waals surface area contributed by atoms with Crippen LogP contribution < -0.4 is 15.4 Å². The molecule has 0 fully saturated rings. The maximum absolute atomic E-state index is 12.5. The Morgan fingerprint density at radius 3 is 2.67 bits per heavy atom. The summed E-state index contributed by atoms with van der Waals surface area (Å²) in [5.74, 6) is 0.252. The lowest BCUT2D eigenvalue weighted by atomic mass is 10.2. The molecule has 0 aliphatic heterocycles. The van der Waals surface area contributed by atoms with Gasteiger partial charge < -0.3 is 10.1 Å². The first kappa shape index (κ1) is 20.6. The zero-order valence-electron chi connectivity index (χ0n) is 14.7. The topological polar surface area (TPSA) is 93.5 Å². The first-order valence-electron chi connectivity index (χ1n) is 8.06. The minimum atomic E-state index is -0.590. The number of hydrogen-bond acceptors (Lipinski definition) is 5. The van der Waals surface area contributed by atoms with E-state index < -0.39 is 10.8 Å². The quantitative estimate of drug-likeness (QED) is 0.418. The molecule has 7 nitrogen and oxygen atoms in total. The maximum Gasteiger partial charge on any atom is 0.294 e. The smallest absolute Gasteiger partial charge is 0.294 e. The summed E-state index contributed by atoms with van der Waals surface area (Å²) in [6.07, 6.45) is 0. The van der Waals surface area contributed by atoms with Gasteiger partial charge in [0.15, 0.2) is 5.11 Å². The summed E-state index contributed by atoms with van der Waals surface area (Å²) in [5.41, 5.74) is 0.187. The van der Waals surface area contributed by atoms with E-state index in [-0.39, 0.29) is 21.5 Å². The maximum atomic E-state index is 12.5. The van der Waals surface area contributed by atoms with E-state index in [0.717, 1.165) is 0 Å². The van der Waals surface area contributed by atoms with Gasteiger partial charge in [-0.3, -0.25) is 20.2 Å². The number of halogens is 1. The summed E-state index contributed by atoms with van der Waals surface area (Å²) < 4.78 is 5.65. The molecule has 27 heavy (non-hydrogen) atoms. The second kappa shape index (κ2) is 9.29. The molecule has 0 unspecified atom stereocenters. The van der Waals surface area contributed by atoms with Gasteiger partial charge in [-0.2, -0.15) is 0 Å².